The summed E-state index contributed by atoms with van der Waals surface area (Å²) in [6.07, 6.45) is 1.63. The monoisotopic (exact) mass is 176 g/mol. The van der Waals surface area contributed by atoms with Crippen molar-refractivity contribution in [1.82, 2.24) is 0 Å². The Labute approximate surface area is 76.8 Å². The molecule has 0 unspecified atom stereocenters. The maximum absolute atomic E-state index is 9.64. The Morgan fingerprint density at radius 2 is 2.08 bits per heavy atom. The van der Waals surface area contributed by atoms with Crippen LogP contribution in [-0.2, 0) is 0 Å². The van der Waals surface area contributed by atoms with Crippen LogP contribution in [0.25, 0.3) is 11.0 Å². The van der Waals surface area contributed by atoms with E-state index in [4.69, 9.17) is 4.42 Å². The molecular formula is C11H12O2. The molecule has 2 nitrogen and oxygen atoms in total. The summed E-state index contributed by atoms with van der Waals surface area (Å²) in [5.74, 6) is 0.650. The summed E-state index contributed by atoms with van der Waals surface area (Å²) in [6.45, 7) is 4.11. The van der Waals surface area contributed by atoms with Gasteiger partial charge < -0.3 is 9.52 Å². The molecule has 0 amide bonds. The molecule has 1 N–H and O–H groups in total. The Hall–Kier alpha value is -1.44. The van der Waals surface area contributed by atoms with Crippen molar-refractivity contribution in [3.8, 4) is 5.75 Å². The highest BCUT2D eigenvalue weighted by molar-refractivity contribution is 5.80. The van der Waals surface area contributed by atoms with Crippen molar-refractivity contribution >= 4 is 11.0 Å². The summed E-state index contributed by atoms with van der Waals surface area (Å²) in [4.78, 5) is 0. The minimum absolute atomic E-state index is 0.317. The number of aromatic hydroxyl groups is 1. The molecule has 0 fully saturated rings. The van der Waals surface area contributed by atoms with Crippen LogP contribution in [0.2, 0.25) is 0 Å². The van der Waals surface area contributed by atoms with Gasteiger partial charge in [-0.15, -0.1) is 0 Å². The largest absolute Gasteiger partial charge is 0.508 e. The van der Waals surface area contributed by atoms with Gasteiger partial charge in [0, 0.05) is 11.5 Å². The number of fused-ring (bicyclic) bond motifs is 1. The van der Waals surface area contributed by atoms with Gasteiger partial charge in [-0.05, 0) is 23.6 Å². The Balaban J connectivity index is 2.69. The number of hydrogen-bond donors (Lipinski definition) is 1. The molecule has 0 atom stereocenters. The fraction of sp³-hybridized carbons (Fsp3) is 0.273. The summed E-state index contributed by atoms with van der Waals surface area (Å²) in [5.41, 5.74) is 1.70. The molecule has 0 spiro atoms. The van der Waals surface area contributed by atoms with Gasteiger partial charge in [0.05, 0.1) is 6.26 Å². The lowest BCUT2D eigenvalue weighted by Crippen LogP contribution is -1.87. The van der Waals surface area contributed by atoms with Crippen molar-refractivity contribution in [2.45, 2.75) is 19.8 Å². The van der Waals surface area contributed by atoms with E-state index < -0.39 is 0 Å². The third-order valence-electron chi connectivity index (χ3n) is 2.22. The van der Waals surface area contributed by atoms with Gasteiger partial charge in [-0.25, -0.2) is 0 Å². The van der Waals surface area contributed by atoms with Crippen LogP contribution in [0.1, 0.15) is 25.3 Å². The van der Waals surface area contributed by atoms with Crippen molar-refractivity contribution in [2.75, 3.05) is 0 Å². The summed E-state index contributed by atoms with van der Waals surface area (Å²) >= 11 is 0. The topological polar surface area (TPSA) is 33.4 Å². The number of phenols is 1. The molecule has 0 aliphatic heterocycles. The van der Waals surface area contributed by atoms with Gasteiger partial charge in [0.1, 0.15) is 11.3 Å². The molecule has 0 aliphatic rings. The highest BCUT2D eigenvalue weighted by Crippen LogP contribution is 2.30. The molecular weight excluding hydrogens is 164 g/mol. The molecule has 0 saturated carbocycles. The van der Waals surface area contributed by atoms with E-state index in [9.17, 15) is 5.11 Å². The van der Waals surface area contributed by atoms with Crippen LogP contribution in [0.4, 0.5) is 0 Å². The smallest absolute Gasteiger partial charge is 0.137 e. The molecule has 1 heterocycles. The molecule has 1 aromatic carbocycles. The summed E-state index contributed by atoms with van der Waals surface area (Å²) in [7, 11) is 0. The highest BCUT2D eigenvalue weighted by atomic mass is 16.3. The quantitative estimate of drug-likeness (QED) is 0.723. The van der Waals surface area contributed by atoms with E-state index in [0.717, 1.165) is 16.5 Å². The van der Waals surface area contributed by atoms with Crippen molar-refractivity contribution in [2.24, 2.45) is 0 Å². The van der Waals surface area contributed by atoms with Gasteiger partial charge in [0.15, 0.2) is 0 Å². The first kappa shape index (κ1) is 8.17. The lowest BCUT2D eigenvalue weighted by Gasteiger charge is -2.07. The SMILES string of the molecule is CC(C)c1cc2ccoc2cc1O. The number of furan rings is 1. The van der Waals surface area contributed by atoms with Crippen LogP contribution < -0.4 is 0 Å². The predicted molar refractivity (Wildman–Crippen MR) is 52.0 cm³/mol. The van der Waals surface area contributed by atoms with Crippen LogP contribution in [0.15, 0.2) is 28.9 Å². The van der Waals surface area contributed by atoms with Crippen molar-refractivity contribution in [3.05, 3.63) is 30.0 Å². The first-order valence-electron chi connectivity index (χ1n) is 4.38. The third-order valence-corrected chi connectivity index (χ3v) is 2.22. The van der Waals surface area contributed by atoms with E-state index in [1.165, 1.54) is 0 Å². The molecule has 2 rings (SSSR count). The standard InChI is InChI=1S/C11H12O2/c1-7(2)9-5-8-3-4-13-11(8)6-10(9)12/h3-7,12H,1-2H3. The Morgan fingerprint density at radius 3 is 2.77 bits per heavy atom. The fourth-order valence-electron chi connectivity index (χ4n) is 1.48. The molecule has 0 aliphatic carbocycles. The molecule has 2 heteroatoms. The number of hydrogen-bond acceptors (Lipinski definition) is 2. The highest BCUT2D eigenvalue weighted by Gasteiger charge is 2.08. The van der Waals surface area contributed by atoms with E-state index in [1.807, 2.05) is 12.1 Å². The van der Waals surface area contributed by atoms with E-state index in [2.05, 4.69) is 13.8 Å². The lowest BCUT2D eigenvalue weighted by atomic mass is 10.0. The number of phenolic OH excluding ortho intramolecular Hbond substituents is 1. The predicted octanol–water partition coefficient (Wildman–Crippen LogP) is 3.26. The fourth-order valence-corrected chi connectivity index (χ4v) is 1.48. The Kier molecular flexibility index (Phi) is 1.76. The zero-order chi connectivity index (χ0) is 9.42. The zero-order valence-corrected chi connectivity index (χ0v) is 7.74. The van der Waals surface area contributed by atoms with E-state index in [-0.39, 0.29) is 0 Å². The summed E-state index contributed by atoms with van der Waals surface area (Å²) < 4.78 is 5.17. The molecule has 1 aromatic heterocycles. The van der Waals surface area contributed by atoms with Gasteiger partial charge in [-0.2, -0.15) is 0 Å². The molecule has 0 saturated heterocycles. The Bertz CT molecular complexity index is 427. The maximum atomic E-state index is 9.64. The first-order valence-corrected chi connectivity index (χ1v) is 4.38. The van der Waals surface area contributed by atoms with Crippen LogP contribution >= 0.6 is 0 Å². The lowest BCUT2D eigenvalue weighted by molar-refractivity contribution is 0.464. The van der Waals surface area contributed by atoms with Crippen LogP contribution in [0.3, 0.4) is 0 Å². The molecule has 68 valence electrons. The van der Waals surface area contributed by atoms with E-state index in [0.29, 0.717) is 11.7 Å². The molecule has 0 radical (unpaired) electrons. The number of benzene rings is 1. The molecule has 2 aromatic rings. The second-order valence-electron chi connectivity index (χ2n) is 3.52. The second-order valence-corrected chi connectivity index (χ2v) is 3.52. The normalized spacial score (nSPS) is 11.3. The molecule has 0 bridgehead atoms. The van der Waals surface area contributed by atoms with Crippen LogP contribution in [0, 0.1) is 0 Å². The van der Waals surface area contributed by atoms with Crippen molar-refractivity contribution < 1.29 is 9.52 Å². The second kappa shape index (κ2) is 2.80. The van der Waals surface area contributed by atoms with Gasteiger partial charge in [0.25, 0.3) is 0 Å². The van der Waals surface area contributed by atoms with Gasteiger partial charge >= 0.3 is 0 Å². The number of rotatable bonds is 1. The van der Waals surface area contributed by atoms with Crippen molar-refractivity contribution in [1.29, 1.82) is 0 Å². The average molecular weight is 176 g/mol. The Morgan fingerprint density at radius 1 is 1.31 bits per heavy atom. The van der Waals surface area contributed by atoms with Gasteiger partial charge in [0.2, 0.25) is 0 Å². The van der Waals surface area contributed by atoms with Crippen LogP contribution in [-0.4, -0.2) is 5.11 Å². The first-order chi connectivity index (χ1) is 6.18. The zero-order valence-electron chi connectivity index (χ0n) is 7.74. The summed E-state index contributed by atoms with van der Waals surface area (Å²) in [5, 5.41) is 10.7. The maximum Gasteiger partial charge on any atom is 0.137 e. The van der Waals surface area contributed by atoms with Crippen molar-refractivity contribution in [3.63, 3.8) is 0 Å². The van der Waals surface area contributed by atoms with Gasteiger partial charge in [-0.3, -0.25) is 0 Å². The average Bonchev–Trinajstić information content (AvgIpc) is 2.48. The van der Waals surface area contributed by atoms with E-state index in [1.54, 1.807) is 12.3 Å². The third kappa shape index (κ3) is 1.28. The minimum Gasteiger partial charge on any atom is -0.508 e. The summed E-state index contributed by atoms with van der Waals surface area (Å²) in [6, 6.07) is 5.55. The minimum atomic E-state index is 0.317. The van der Waals surface area contributed by atoms with Crippen LogP contribution in [0.5, 0.6) is 5.75 Å². The van der Waals surface area contributed by atoms with E-state index >= 15 is 0 Å². The van der Waals surface area contributed by atoms with Gasteiger partial charge in [-0.1, -0.05) is 13.8 Å². The molecule has 13 heavy (non-hydrogen) atoms.